The molecule has 2 nitrogen and oxygen atoms in total. The van der Waals surface area contributed by atoms with Crippen LogP contribution in [0, 0.1) is 0 Å². The van der Waals surface area contributed by atoms with E-state index in [1.54, 1.807) is 6.07 Å². The van der Waals surface area contributed by atoms with E-state index in [0.29, 0.717) is 0 Å². The zero-order chi connectivity index (χ0) is 13.8. The molecule has 0 spiro atoms. The molecule has 20 heavy (non-hydrogen) atoms. The summed E-state index contributed by atoms with van der Waals surface area (Å²) in [5, 5.41) is 13.5. The van der Waals surface area contributed by atoms with Gasteiger partial charge in [-0.05, 0) is 29.8 Å². The Bertz CT molecular complexity index is 693. The van der Waals surface area contributed by atoms with Crippen LogP contribution in [0.25, 0.3) is 11.1 Å². The first-order valence-corrected chi connectivity index (χ1v) is 6.54. The van der Waals surface area contributed by atoms with Gasteiger partial charge in [0, 0.05) is 11.3 Å². The lowest BCUT2D eigenvalue weighted by Crippen LogP contribution is -1.93. The fourth-order valence-electron chi connectivity index (χ4n) is 2.23. The third kappa shape index (κ3) is 2.50. The van der Waals surface area contributed by atoms with Crippen LogP contribution in [0.4, 0.5) is 11.4 Å². The molecule has 2 N–H and O–H groups in total. The van der Waals surface area contributed by atoms with Crippen molar-refractivity contribution >= 4 is 11.4 Å². The normalized spacial score (nSPS) is 10.2. The highest BCUT2D eigenvalue weighted by molar-refractivity contribution is 5.85. The zero-order valence-corrected chi connectivity index (χ0v) is 11.0. The second-order valence-corrected chi connectivity index (χ2v) is 4.56. The SMILES string of the molecule is Oc1cccc(Nc2ccccc2)c1-c1ccccc1. The quantitative estimate of drug-likeness (QED) is 0.709. The van der Waals surface area contributed by atoms with Crippen molar-refractivity contribution in [1.29, 1.82) is 0 Å². The van der Waals surface area contributed by atoms with Crippen molar-refractivity contribution in [2.24, 2.45) is 0 Å². The highest BCUT2D eigenvalue weighted by atomic mass is 16.3. The Morgan fingerprint density at radius 3 is 2.00 bits per heavy atom. The van der Waals surface area contributed by atoms with Crippen LogP contribution >= 0.6 is 0 Å². The third-order valence-corrected chi connectivity index (χ3v) is 3.16. The molecule has 3 aromatic carbocycles. The molecule has 3 rings (SSSR count). The molecule has 0 saturated heterocycles. The van der Waals surface area contributed by atoms with Gasteiger partial charge < -0.3 is 10.4 Å². The molecule has 0 saturated carbocycles. The first-order valence-electron chi connectivity index (χ1n) is 6.54. The molecule has 0 aliphatic heterocycles. The van der Waals surface area contributed by atoms with E-state index in [4.69, 9.17) is 0 Å². The number of hydrogen-bond acceptors (Lipinski definition) is 2. The maximum absolute atomic E-state index is 10.2. The summed E-state index contributed by atoms with van der Waals surface area (Å²) in [4.78, 5) is 0. The summed E-state index contributed by atoms with van der Waals surface area (Å²) < 4.78 is 0. The van der Waals surface area contributed by atoms with Gasteiger partial charge in [0.1, 0.15) is 5.75 Å². The van der Waals surface area contributed by atoms with E-state index in [9.17, 15) is 5.11 Å². The minimum atomic E-state index is 0.275. The van der Waals surface area contributed by atoms with Gasteiger partial charge in [0.05, 0.1) is 5.69 Å². The number of para-hydroxylation sites is 1. The fraction of sp³-hybridized carbons (Fsp3) is 0. The molecule has 0 fully saturated rings. The van der Waals surface area contributed by atoms with Crippen LogP contribution in [0.5, 0.6) is 5.75 Å². The summed E-state index contributed by atoms with van der Waals surface area (Å²) in [5.41, 5.74) is 3.69. The smallest absolute Gasteiger partial charge is 0.125 e. The highest BCUT2D eigenvalue weighted by Crippen LogP contribution is 2.37. The summed E-state index contributed by atoms with van der Waals surface area (Å²) in [5.74, 6) is 0.275. The van der Waals surface area contributed by atoms with Gasteiger partial charge in [0.15, 0.2) is 0 Å². The van der Waals surface area contributed by atoms with Crippen LogP contribution in [0.1, 0.15) is 0 Å². The van der Waals surface area contributed by atoms with Crippen molar-refractivity contribution in [1.82, 2.24) is 0 Å². The number of benzene rings is 3. The van der Waals surface area contributed by atoms with Crippen molar-refractivity contribution in [3.05, 3.63) is 78.9 Å². The van der Waals surface area contributed by atoms with Crippen molar-refractivity contribution in [2.75, 3.05) is 5.32 Å². The minimum Gasteiger partial charge on any atom is -0.507 e. The van der Waals surface area contributed by atoms with Crippen LogP contribution in [-0.4, -0.2) is 5.11 Å². The number of aromatic hydroxyl groups is 1. The first-order chi connectivity index (χ1) is 9.84. The minimum absolute atomic E-state index is 0.275. The number of hydrogen-bond donors (Lipinski definition) is 2. The van der Waals surface area contributed by atoms with Gasteiger partial charge >= 0.3 is 0 Å². The van der Waals surface area contributed by atoms with E-state index in [0.717, 1.165) is 22.5 Å². The van der Waals surface area contributed by atoms with E-state index < -0.39 is 0 Å². The number of phenols is 1. The lowest BCUT2D eigenvalue weighted by Gasteiger charge is -2.13. The molecule has 0 heterocycles. The highest BCUT2D eigenvalue weighted by Gasteiger charge is 2.09. The van der Waals surface area contributed by atoms with Gasteiger partial charge in [-0.15, -0.1) is 0 Å². The average molecular weight is 261 g/mol. The average Bonchev–Trinajstić information content (AvgIpc) is 2.49. The lowest BCUT2D eigenvalue weighted by atomic mass is 10.0. The second kappa shape index (κ2) is 5.49. The number of phenolic OH excluding ortho intramolecular Hbond substituents is 1. The van der Waals surface area contributed by atoms with E-state index in [1.165, 1.54) is 0 Å². The van der Waals surface area contributed by atoms with E-state index in [-0.39, 0.29) is 5.75 Å². The molecule has 0 unspecified atom stereocenters. The van der Waals surface area contributed by atoms with Gasteiger partial charge in [0.2, 0.25) is 0 Å². The van der Waals surface area contributed by atoms with Crippen molar-refractivity contribution in [2.45, 2.75) is 0 Å². The maximum atomic E-state index is 10.2. The Morgan fingerprint density at radius 1 is 0.650 bits per heavy atom. The standard InChI is InChI=1S/C18H15NO/c20-17-13-7-12-16(19-15-10-5-2-6-11-15)18(17)14-8-3-1-4-9-14/h1-13,19-20H. The Kier molecular flexibility index (Phi) is 3.38. The lowest BCUT2D eigenvalue weighted by molar-refractivity contribution is 0.477. The molecule has 0 atom stereocenters. The van der Waals surface area contributed by atoms with E-state index in [2.05, 4.69) is 5.32 Å². The van der Waals surface area contributed by atoms with Crippen LogP contribution in [0.2, 0.25) is 0 Å². The number of nitrogens with one attached hydrogen (secondary N) is 1. The molecule has 0 aliphatic rings. The molecule has 0 radical (unpaired) electrons. The third-order valence-electron chi connectivity index (χ3n) is 3.16. The van der Waals surface area contributed by atoms with Crippen LogP contribution in [0.15, 0.2) is 78.9 Å². The van der Waals surface area contributed by atoms with Gasteiger partial charge in [-0.3, -0.25) is 0 Å². The molecule has 0 aromatic heterocycles. The first kappa shape index (κ1) is 12.3. The Hall–Kier alpha value is -2.74. The predicted molar refractivity (Wildman–Crippen MR) is 83.3 cm³/mol. The Balaban J connectivity index is 2.06. The molecule has 98 valence electrons. The van der Waals surface area contributed by atoms with E-state index >= 15 is 0 Å². The van der Waals surface area contributed by atoms with E-state index in [1.807, 2.05) is 72.8 Å². The van der Waals surface area contributed by atoms with Crippen LogP contribution < -0.4 is 5.32 Å². The van der Waals surface area contributed by atoms with Crippen molar-refractivity contribution in [3.8, 4) is 16.9 Å². The van der Waals surface area contributed by atoms with Gasteiger partial charge in [-0.1, -0.05) is 54.6 Å². The summed E-state index contributed by atoms with van der Waals surface area (Å²) in [6.07, 6.45) is 0. The number of rotatable bonds is 3. The topological polar surface area (TPSA) is 32.3 Å². The fourth-order valence-corrected chi connectivity index (χ4v) is 2.23. The van der Waals surface area contributed by atoms with Gasteiger partial charge in [-0.25, -0.2) is 0 Å². The molecule has 0 amide bonds. The van der Waals surface area contributed by atoms with Crippen molar-refractivity contribution < 1.29 is 5.11 Å². The van der Waals surface area contributed by atoms with Gasteiger partial charge in [0.25, 0.3) is 0 Å². The molecule has 0 bridgehead atoms. The predicted octanol–water partition coefficient (Wildman–Crippen LogP) is 4.80. The number of anilines is 2. The Labute approximate surface area is 118 Å². The molecule has 3 aromatic rings. The summed E-state index contributed by atoms with van der Waals surface area (Å²) in [6, 6.07) is 25.3. The molecule has 2 heteroatoms. The maximum Gasteiger partial charge on any atom is 0.125 e. The largest absolute Gasteiger partial charge is 0.507 e. The Morgan fingerprint density at radius 2 is 1.30 bits per heavy atom. The van der Waals surface area contributed by atoms with Crippen LogP contribution in [0.3, 0.4) is 0 Å². The van der Waals surface area contributed by atoms with Gasteiger partial charge in [-0.2, -0.15) is 0 Å². The summed E-state index contributed by atoms with van der Waals surface area (Å²) >= 11 is 0. The second-order valence-electron chi connectivity index (χ2n) is 4.56. The van der Waals surface area contributed by atoms with Crippen molar-refractivity contribution in [3.63, 3.8) is 0 Å². The summed E-state index contributed by atoms with van der Waals surface area (Å²) in [7, 11) is 0. The summed E-state index contributed by atoms with van der Waals surface area (Å²) in [6.45, 7) is 0. The molecular formula is C18H15NO. The monoisotopic (exact) mass is 261 g/mol. The molecular weight excluding hydrogens is 246 g/mol. The van der Waals surface area contributed by atoms with Crippen LogP contribution in [-0.2, 0) is 0 Å². The zero-order valence-electron chi connectivity index (χ0n) is 11.0. The molecule has 0 aliphatic carbocycles.